The third kappa shape index (κ3) is 3.31. The second-order valence-electron chi connectivity index (χ2n) is 5.32. The Morgan fingerprint density at radius 2 is 2.09 bits per heavy atom. The summed E-state index contributed by atoms with van der Waals surface area (Å²) in [4.78, 5) is 17.6. The lowest BCUT2D eigenvalue weighted by molar-refractivity contribution is 0.726. The van der Waals surface area contributed by atoms with Gasteiger partial charge in [-0.1, -0.05) is 41.6 Å². The number of hydrogen-bond acceptors (Lipinski definition) is 5. The van der Waals surface area contributed by atoms with Gasteiger partial charge in [-0.05, 0) is 30.4 Å². The summed E-state index contributed by atoms with van der Waals surface area (Å²) in [5, 5.41) is 12.3. The first kappa shape index (κ1) is 15.8. The average molecular weight is 341 g/mol. The molecule has 1 aromatic carbocycles. The fourth-order valence-corrected chi connectivity index (χ4v) is 4.04. The number of aryl methyl sites for hydroxylation is 1. The largest absolute Gasteiger partial charge is 0.290 e. The third-order valence-electron chi connectivity index (χ3n) is 3.60. The fraction of sp³-hybridized carbons (Fsp3) is 0.235. The molecule has 0 spiro atoms. The molecule has 0 radical (unpaired) electrons. The standard InChI is InChI=1S/C17H15N3OS2/c1-11-3-5-12(6-4-11)9-13(10-18)23-17-19-15-14(7-8-22-15)16(21)20(17)2/h3-8,13H,9H2,1-2H3/t13-/m0/s1. The van der Waals surface area contributed by atoms with Crippen LogP contribution in [0.3, 0.4) is 0 Å². The number of fused-ring (bicyclic) bond motifs is 1. The van der Waals surface area contributed by atoms with E-state index in [1.165, 1.54) is 33.2 Å². The molecule has 0 aliphatic heterocycles. The highest BCUT2D eigenvalue weighted by Gasteiger charge is 2.16. The van der Waals surface area contributed by atoms with Crippen molar-refractivity contribution in [2.45, 2.75) is 23.8 Å². The number of nitriles is 1. The minimum Gasteiger partial charge on any atom is -0.290 e. The van der Waals surface area contributed by atoms with E-state index in [0.29, 0.717) is 17.0 Å². The lowest BCUT2D eigenvalue weighted by Gasteiger charge is -2.11. The highest BCUT2D eigenvalue weighted by atomic mass is 32.2. The Morgan fingerprint density at radius 1 is 1.35 bits per heavy atom. The van der Waals surface area contributed by atoms with E-state index in [-0.39, 0.29) is 10.8 Å². The van der Waals surface area contributed by atoms with Crippen LogP contribution in [0.1, 0.15) is 11.1 Å². The molecule has 0 amide bonds. The monoisotopic (exact) mass is 341 g/mol. The number of aromatic nitrogens is 2. The van der Waals surface area contributed by atoms with E-state index >= 15 is 0 Å². The Hall–Kier alpha value is -2.10. The molecule has 0 bridgehead atoms. The molecule has 0 aliphatic rings. The summed E-state index contributed by atoms with van der Waals surface area (Å²) in [6, 6.07) is 12.3. The molecule has 3 aromatic rings. The molecule has 4 nitrogen and oxygen atoms in total. The van der Waals surface area contributed by atoms with Gasteiger partial charge in [0, 0.05) is 7.05 Å². The van der Waals surface area contributed by atoms with E-state index in [4.69, 9.17) is 0 Å². The zero-order chi connectivity index (χ0) is 16.4. The number of thioether (sulfide) groups is 1. The molecule has 6 heteroatoms. The van der Waals surface area contributed by atoms with Crippen LogP contribution in [0.5, 0.6) is 0 Å². The molecule has 0 N–H and O–H groups in total. The van der Waals surface area contributed by atoms with Gasteiger partial charge in [0.15, 0.2) is 5.16 Å². The number of nitrogens with zero attached hydrogens (tertiary/aromatic N) is 3. The van der Waals surface area contributed by atoms with E-state index in [0.717, 1.165) is 10.4 Å². The molecule has 3 rings (SSSR count). The summed E-state index contributed by atoms with van der Waals surface area (Å²) in [5.41, 5.74) is 2.24. The van der Waals surface area contributed by atoms with Crippen molar-refractivity contribution in [2.24, 2.45) is 7.05 Å². The van der Waals surface area contributed by atoms with Crippen molar-refractivity contribution < 1.29 is 0 Å². The van der Waals surface area contributed by atoms with Crippen LogP contribution in [0.15, 0.2) is 45.7 Å². The van der Waals surface area contributed by atoms with Gasteiger partial charge in [0.2, 0.25) is 0 Å². The van der Waals surface area contributed by atoms with E-state index in [9.17, 15) is 10.1 Å². The van der Waals surface area contributed by atoms with Crippen molar-refractivity contribution in [1.29, 1.82) is 5.26 Å². The molecule has 0 fully saturated rings. The first-order chi connectivity index (χ1) is 11.1. The molecule has 0 aliphatic carbocycles. The van der Waals surface area contributed by atoms with Crippen molar-refractivity contribution >= 4 is 33.3 Å². The van der Waals surface area contributed by atoms with Crippen molar-refractivity contribution in [2.75, 3.05) is 0 Å². The van der Waals surface area contributed by atoms with Crippen molar-refractivity contribution in [3.05, 3.63) is 57.2 Å². The Labute approximate surface area is 142 Å². The topological polar surface area (TPSA) is 58.7 Å². The number of benzene rings is 1. The van der Waals surface area contributed by atoms with E-state index in [1.807, 2.05) is 36.6 Å². The smallest absolute Gasteiger partial charge is 0.262 e. The van der Waals surface area contributed by atoms with Crippen LogP contribution in [0, 0.1) is 18.3 Å². The lowest BCUT2D eigenvalue weighted by atomic mass is 10.1. The normalized spacial score (nSPS) is 12.2. The third-order valence-corrected chi connectivity index (χ3v) is 5.54. The van der Waals surface area contributed by atoms with Crippen LogP contribution in [0.25, 0.3) is 10.2 Å². The molecule has 23 heavy (non-hydrogen) atoms. The first-order valence-corrected chi connectivity index (χ1v) is 8.90. The quantitative estimate of drug-likeness (QED) is 0.538. The summed E-state index contributed by atoms with van der Waals surface area (Å²) in [6.07, 6.45) is 0.625. The second-order valence-corrected chi connectivity index (χ2v) is 7.39. The molecule has 2 aromatic heterocycles. The molecule has 116 valence electrons. The van der Waals surface area contributed by atoms with Crippen molar-refractivity contribution in [3.63, 3.8) is 0 Å². The molecular weight excluding hydrogens is 326 g/mol. The molecule has 0 unspecified atom stereocenters. The summed E-state index contributed by atoms with van der Waals surface area (Å²) >= 11 is 2.79. The lowest BCUT2D eigenvalue weighted by Crippen LogP contribution is -2.20. The Morgan fingerprint density at radius 3 is 2.78 bits per heavy atom. The fourth-order valence-electron chi connectivity index (χ4n) is 2.26. The molecule has 2 heterocycles. The maximum atomic E-state index is 12.3. The van der Waals surface area contributed by atoms with Crippen LogP contribution in [0.2, 0.25) is 0 Å². The minimum absolute atomic E-state index is 0.0641. The Balaban J connectivity index is 1.87. The Kier molecular flexibility index (Phi) is 4.51. The summed E-state index contributed by atoms with van der Waals surface area (Å²) in [7, 11) is 1.70. The van der Waals surface area contributed by atoms with Crippen molar-refractivity contribution in [3.8, 4) is 6.07 Å². The predicted octanol–water partition coefficient (Wildman–Crippen LogP) is 3.53. The van der Waals surface area contributed by atoms with Gasteiger partial charge in [-0.15, -0.1) is 11.3 Å². The highest BCUT2D eigenvalue weighted by Crippen LogP contribution is 2.25. The van der Waals surface area contributed by atoms with E-state index in [2.05, 4.69) is 11.1 Å². The van der Waals surface area contributed by atoms with Gasteiger partial charge in [0.25, 0.3) is 5.56 Å². The van der Waals surface area contributed by atoms with Crippen LogP contribution < -0.4 is 5.56 Å². The summed E-state index contributed by atoms with van der Waals surface area (Å²) in [6.45, 7) is 2.04. The molecule has 1 atom stereocenters. The Bertz CT molecular complexity index is 935. The first-order valence-electron chi connectivity index (χ1n) is 7.14. The van der Waals surface area contributed by atoms with Gasteiger partial charge in [-0.3, -0.25) is 9.36 Å². The van der Waals surface area contributed by atoms with Crippen LogP contribution in [-0.4, -0.2) is 14.8 Å². The van der Waals surface area contributed by atoms with Gasteiger partial charge >= 0.3 is 0 Å². The van der Waals surface area contributed by atoms with Crippen LogP contribution in [-0.2, 0) is 13.5 Å². The second kappa shape index (κ2) is 6.57. The number of hydrogen-bond donors (Lipinski definition) is 0. The predicted molar refractivity (Wildman–Crippen MR) is 95.0 cm³/mol. The van der Waals surface area contributed by atoms with Gasteiger partial charge < -0.3 is 0 Å². The van der Waals surface area contributed by atoms with Gasteiger partial charge in [0.1, 0.15) is 10.1 Å². The zero-order valence-corrected chi connectivity index (χ0v) is 14.4. The number of thiophene rings is 1. The van der Waals surface area contributed by atoms with E-state index in [1.54, 1.807) is 13.1 Å². The van der Waals surface area contributed by atoms with Gasteiger partial charge in [0.05, 0.1) is 11.5 Å². The zero-order valence-electron chi connectivity index (χ0n) is 12.8. The summed E-state index contributed by atoms with van der Waals surface area (Å²) < 4.78 is 1.53. The minimum atomic E-state index is -0.284. The maximum Gasteiger partial charge on any atom is 0.262 e. The summed E-state index contributed by atoms with van der Waals surface area (Å²) in [5.74, 6) is 0. The van der Waals surface area contributed by atoms with Gasteiger partial charge in [-0.25, -0.2) is 4.98 Å². The van der Waals surface area contributed by atoms with Gasteiger partial charge in [-0.2, -0.15) is 5.26 Å². The molecular formula is C17H15N3OS2. The average Bonchev–Trinajstić information content (AvgIpc) is 3.02. The van der Waals surface area contributed by atoms with Crippen LogP contribution >= 0.6 is 23.1 Å². The SMILES string of the molecule is Cc1ccc(C[C@@H](C#N)Sc2nc3sccc3c(=O)n2C)cc1. The molecule has 0 saturated carbocycles. The molecule has 0 saturated heterocycles. The van der Waals surface area contributed by atoms with Crippen molar-refractivity contribution in [1.82, 2.24) is 9.55 Å². The van der Waals surface area contributed by atoms with E-state index < -0.39 is 0 Å². The maximum absolute atomic E-state index is 12.3. The number of rotatable bonds is 4. The highest BCUT2D eigenvalue weighted by molar-refractivity contribution is 8.00. The van der Waals surface area contributed by atoms with Crippen LogP contribution in [0.4, 0.5) is 0 Å².